The first-order valence-electron chi connectivity index (χ1n) is 6.99. The highest BCUT2D eigenvalue weighted by Crippen LogP contribution is 2.48. The van der Waals surface area contributed by atoms with Gasteiger partial charge in [0.25, 0.3) is 0 Å². The molecule has 1 aromatic rings. The first-order chi connectivity index (χ1) is 9.03. The van der Waals surface area contributed by atoms with E-state index in [1.54, 1.807) is 7.11 Å². The number of hydrogen-bond donors (Lipinski definition) is 1. The van der Waals surface area contributed by atoms with Crippen LogP contribution in [0.15, 0.2) is 12.1 Å². The summed E-state index contributed by atoms with van der Waals surface area (Å²) in [6, 6.07) is 4.78. The van der Waals surface area contributed by atoms with Crippen molar-refractivity contribution in [2.24, 2.45) is 0 Å². The van der Waals surface area contributed by atoms with E-state index >= 15 is 0 Å². The van der Waals surface area contributed by atoms with Crippen LogP contribution >= 0.6 is 11.8 Å². The fourth-order valence-corrected chi connectivity index (χ4v) is 4.58. The Bertz CT molecular complexity index is 452. The maximum absolute atomic E-state index is 5.70. The number of ether oxygens (including phenoxy) is 1. The van der Waals surface area contributed by atoms with Crippen LogP contribution in [0.4, 0.5) is 0 Å². The lowest BCUT2D eigenvalue weighted by Gasteiger charge is -2.34. The van der Waals surface area contributed by atoms with E-state index in [1.807, 2.05) is 0 Å². The molecule has 1 aliphatic rings. The third-order valence-corrected chi connectivity index (χ3v) is 5.96. The van der Waals surface area contributed by atoms with Crippen molar-refractivity contribution in [3.63, 3.8) is 0 Å². The third kappa shape index (κ3) is 2.63. The summed E-state index contributed by atoms with van der Waals surface area (Å²) in [7, 11) is 3.84. The van der Waals surface area contributed by atoms with Gasteiger partial charge < -0.3 is 10.1 Å². The summed E-state index contributed by atoms with van der Waals surface area (Å²) >= 11 is 2.08. The first kappa shape index (κ1) is 14.7. The zero-order chi connectivity index (χ0) is 14.0. The molecule has 0 aromatic heterocycles. The van der Waals surface area contributed by atoms with Gasteiger partial charge in [0.2, 0.25) is 0 Å². The third-order valence-electron chi connectivity index (χ3n) is 4.37. The number of methoxy groups -OCH3 is 1. The average molecular weight is 279 g/mol. The molecule has 0 radical (unpaired) electrons. The number of benzene rings is 1. The van der Waals surface area contributed by atoms with Crippen LogP contribution in [0.2, 0.25) is 0 Å². The number of aryl methyl sites for hydroxylation is 1. The quantitative estimate of drug-likeness (QED) is 0.904. The SMILES string of the molecule is CNC(c1ccc(C)c(C)c1OC)C1(C)CCCS1. The van der Waals surface area contributed by atoms with Gasteiger partial charge in [0, 0.05) is 10.3 Å². The van der Waals surface area contributed by atoms with Gasteiger partial charge >= 0.3 is 0 Å². The Kier molecular flexibility index (Phi) is 4.46. The molecule has 0 aliphatic carbocycles. The molecule has 1 heterocycles. The molecular weight excluding hydrogens is 254 g/mol. The summed E-state index contributed by atoms with van der Waals surface area (Å²) in [5.74, 6) is 2.31. The highest BCUT2D eigenvalue weighted by atomic mass is 32.2. The molecule has 2 atom stereocenters. The van der Waals surface area contributed by atoms with Crippen molar-refractivity contribution in [2.45, 2.75) is 44.4 Å². The molecule has 2 unspecified atom stereocenters. The van der Waals surface area contributed by atoms with E-state index < -0.39 is 0 Å². The molecule has 19 heavy (non-hydrogen) atoms. The van der Waals surface area contributed by atoms with Gasteiger partial charge in [0.15, 0.2) is 0 Å². The van der Waals surface area contributed by atoms with E-state index in [4.69, 9.17) is 4.74 Å². The van der Waals surface area contributed by atoms with Crippen LogP contribution in [0.25, 0.3) is 0 Å². The van der Waals surface area contributed by atoms with Crippen molar-refractivity contribution in [3.8, 4) is 5.75 Å². The number of rotatable bonds is 4. The lowest BCUT2D eigenvalue weighted by molar-refractivity contribution is 0.379. The fraction of sp³-hybridized carbons (Fsp3) is 0.625. The molecule has 0 spiro atoms. The van der Waals surface area contributed by atoms with Gasteiger partial charge in [0.05, 0.1) is 13.2 Å². The molecule has 106 valence electrons. The van der Waals surface area contributed by atoms with Gasteiger partial charge in [-0.25, -0.2) is 0 Å². The van der Waals surface area contributed by atoms with Crippen molar-refractivity contribution in [1.29, 1.82) is 0 Å². The maximum atomic E-state index is 5.70. The van der Waals surface area contributed by atoms with Crippen LogP contribution in [0.1, 0.15) is 42.5 Å². The molecule has 0 saturated carbocycles. The van der Waals surface area contributed by atoms with Crippen LogP contribution in [0.5, 0.6) is 5.75 Å². The van der Waals surface area contributed by atoms with E-state index in [0.29, 0.717) is 6.04 Å². The van der Waals surface area contributed by atoms with Gasteiger partial charge in [-0.3, -0.25) is 0 Å². The number of nitrogens with one attached hydrogen (secondary N) is 1. The van der Waals surface area contributed by atoms with Crippen molar-refractivity contribution < 1.29 is 4.74 Å². The Balaban J connectivity index is 2.46. The largest absolute Gasteiger partial charge is 0.496 e. The molecule has 1 aromatic carbocycles. The van der Waals surface area contributed by atoms with Crippen molar-refractivity contribution in [1.82, 2.24) is 5.32 Å². The Morgan fingerprint density at radius 1 is 1.37 bits per heavy atom. The van der Waals surface area contributed by atoms with Crippen molar-refractivity contribution >= 4 is 11.8 Å². The highest BCUT2D eigenvalue weighted by molar-refractivity contribution is 8.00. The normalized spacial score (nSPS) is 24.5. The second-order valence-corrected chi connectivity index (χ2v) is 7.25. The molecule has 3 heteroatoms. The molecule has 1 saturated heterocycles. The standard InChI is InChI=1S/C16H25NOS/c1-11-7-8-13(14(18-5)12(11)2)15(17-4)16(3)9-6-10-19-16/h7-8,15,17H,6,9-10H2,1-5H3. The minimum Gasteiger partial charge on any atom is -0.496 e. The van der Waals surface area contributed by atoms with Crippen LogP contribution in [-0.4, -0.2) is 24.7 Å². The summed E-state index contributed by atoms with van der Waals surface area (Å²) in [5, 5.41) is 3.52. The highest BCUT2D eigenvalue weighted by Gasteiger charge is 2.39. The molecule has 0 amide bonds. The molecule has 2 rings (SSSR count). The monoisotopic (exact) mass is 279 g/mol. The molecule has 1 aliphatic heterocycles. The average Bonchev–Trinajstić information content (AvgIpc) is 2.82. The predicted octanol–water partition coefficient (Wildman–Crippen LogP) is 3.86. The van der Waals surface area contributed by atoms with Crippen molar-refractivity contribution in [3.05, 3.63) is 28.8 Å². The lowest BCUT2D eigenvalue weighted by atomic mass is 9.88. The van der Waals surface area contributed by atoms with Crippen LogP contribution in [0.3, 0.4) is 0 Å². The minimum atomic E-state index is 0.268. The number of thioether (sulfide) groups is 1. The van der Waals surface area contributed by atoms with Gasteiger partial charge in [-0.15, -0.1) is 0 Å². The van der Waals surface area contributed by atoms with E-state index in [1.165, 1.54) is 35.3 Å². The van der Waals surface area contributed by atoms with E-state index in [0.717, 1.165) is 5.75 Å². The Morgan fingerprint density at radius 2 is 2.11 bits per heavy atom. The Hall–Kier alpha value is -0.670. The zero-order valence-corrected chi connectivity index (χ0v) is 13.5. The fourth-order valence-electron chi connectivity index (χ4n) is 3.13. The van der Waals surface area contributed by atoms with Gasteiger partial charge in [-0.1, -0.05) is 12.1 Å². The van der Waals surface area contributed by atoms with E-state index in [2.05, 4.69) is 57.0 Å². The van der Waals surface area contributed by atoms with Gasteiger partial charge in [-0.05, 0) is 57.5 Å². The maximum Gasteiger partial charge on any atom is 0.126 e. The van der Waals surface area contributed by atoms with E-state index in [-0.39, 0.29) is 4.75 Å². The zero-order valence-electron chi connectivity index (χ0n) is 12.7. The smallest absolute Gasteiger partial charge is 0.126 e. The van der Waals surface area contributed by atoms with E-state index in [9.17, 15) is 0 Å². The van der Waals surface area contributed by atoms with Crippen LogP contribution < -0.4 is 10.1 Å². The van der Waals surface area contributed by atoms with Gasteiger partial charge in [0.1, 0.15) is 5.75 Å². The Labute approximate surface area is 121 Å². The molecule has 0 bridgehead atoms. The van der Waals surface area contributed by atoms with Crippen molar-refractivity contribution in [2.75, 3.05) is 19.9 Å². The summed E-state index contributed by atoms with van der Waals surface area (Å²) in [4.78, 5) is 0. The second kappa shape index (κ2) is 5.76. The molecule has 1 fully saturated rings. The topological polar surface area (TPSA) is 21.3 Å². The second-order valence-electron chi connectivity index (χ2n) is 5.62. The van der Waals surface area contributed by atoms with Crippen LogP contribution in [0, 0.1) is 13.8 Å². The Morgan fingerprint density at radius 3 is 2.63 bits per heavy atom. The van der Waals surface area contributed by atoms with Gasteiger partial charge in [-0.2, -0.15) is 11.8 Å². The summed E-state index contributed by atoms with van der Waals surface area (Å²) in [6.45, 7) is 6.66. The summed E-state index contributed by atoms with van der Waals surface area (Å²) in [6.07, 6.45) is 2.58. The lowest BCUT2D eigenvalue weighted by Crippen LogP contribution is -2.36. The number of hydrogen-bond acceptors (Lipinski definition) is 3. The van der Waals surface area contributed by atoms with Crippen LogP contribution in [-0.2, 0) is 0 Å². The molecule has 2 nitrogen and oxygen atoms in total. The first-order valence-corrected chi connectivity index (χ1v) is 7.97. The molecule has 1 N–H and O–H groups in total. The summed E-state index contributed by atoms with van der Waals surface area (Å²) in [5.41, 5.74) is 3.84. The molecular formula is C16H25NOS. The summed E-state index contributed by atoms with van der Waals surface area (Å²) < 4.78 is 5.96. The predicted molar refractivity (Wildman–Crippen MR) is 84.4 cm³/mol. The minimum absolute atomic E-state index is 0.268.